The summed E-state index contributed by atoms with van der Waals surface area (Å²) in [6.45, 7) is 5.63. The van der Waals surface area contributed by atoms with Gasteiger partial charge in [-0.1, -0.05) is 25.5 Å². The Kier molecular flexibility index (Phi) is 4.71. The predicted molar refractivity (Wildman–Crippen MR) is 67.9 cm³/mol. The van der Waals surface area contributed by atoms with Gasteiger partial charge in [0.05, 0.1) is 5.56 Å². The van der Waals surface area contributed by atoms with Gasteiger partial charge in [-0.25, -0.2) is 0 Å². The maximum absolute atomic E-state index is 11.7. The normalized spacial score (nSPS) is 10.2. The van der Waals surface area contributed by atoms with Gasteiger partial charge >= 0.3 is 0 Å². The lowest BCUT2D eigenvalue weighted by atomic mass is 10.1. The smallest absolute Gasteiger partial charge is 0.273 e. The number of carbonyl (C=O) groups excluding carboxylic acids is 2. The zero-order valence-electron chi connectivity index (χ0n) is 10.8. The number of rotatable bonds is 3. The second-order valence-corrected chi connectivity index (χ2v) is 4.62. The Hall–Kier alpha value is -2.04. The van der Waals surface area contributed by atoms with E-state index in [2.05, 4.69) is 10.9 Å². The molecule has 0 atom stereocenters. The third-order valence-corrected chi connectivity index (χ3v) is 2.31. The van der Waals surface area contributed by atoms with Crippen molar-refractivity contribution in [1.29, 1.82) is 0 Å². The van der Waals surface area contributed by atoms with Crippen molar-refractivity contribution in [3.8, 4) is 5.75 Å². The summed E-state index contributed by atoms with van der Waals surface area (Å²) in [6, 6.07) is 4.70. The van der Waals surface area contributed by atoms with E-state index in [0.29, 0.717) is 6.42 Å². The molecule has 0 heterocycles. The van der Waals surface area contributed by atoms with Crippen molar-refractivity contribution in [2.75, 3.05) is 0 Å². The van der Waals surface area contributed by atoms with Crippen molar-refractivity contribution in [1.82, 2.24) is 10.9 Å². The van der Waals surface area contributed by atoms with E-state index in [4.69, 9.17) is 0 Å². The lowest BCUT2D eigenvalue weighted by Crippen LogP contribution is -2.42. The van der Waals surface area contributed by atoms with Crippen molar-refractivity contribution in [2.45, 2.75) is 27.2 Å². The molecule has 0 aliphatic rings. The number of carbonyl (C=O) groups is 2. The minimum Gasteiger partial charge on any atom is -0.507 e. The molecular formula is C13H18N2O3. The number of aromatic hydroxyl groups is 1. The van der Waals surface area contributed by atoms with Gasteiger partial charge in [-0.15, -0.1) is 0 Å². The molecule has 0 saturated carbocycles. The summed E-state index contributed by atoms with van der Waals surface area (Å²) in [5.41, 5.74) is 5.57. The van der Waals surface area contributed by atoms with Crippen LogP contribution >= 0.6 is 0 Å². The first-order valence-electron chi connectivity index (χ1n) is 5.79. The zero-order valence-corrected chi connectivity index (χ0v) is 10.8. The van der Waals surface area contributed by atoms with Crippen LogP contribution in [0.1, 0.15) is 36.2 Å². The summed E-state index contributed by atoms with van der Waals surface area (Å²) in [6.07, 6.45) is 0.333. The lowest BCUT2D eigenvalue weighted by molar-refractivity contribution is -0.122. The maximum Gasteiger partial charge on any atom is 0.273 e. The highest BCUT2D eigenvalue weighted by Crippen LogP contribution is 2.17. The quantitative estimate of drug-likeness (QED) is 0.711. The van der Waals surface area contributed by atoms with Gasteiger partial charge < -0.3 is 5.11 Å². The Bertz CT molecular complexity index is 456. The van der Waals surface area contributed by atoms with Crippen LogP contribution < -0.4 is 10.9 Å². The number of phenols is 1. The molecule has 0 unspecified atom stereocenters. The summed E-state index contributed by atoms with van der Waals surface area (Å²) in [4.78, 5) is 23.1. The summed E-state index contributed by atoms with van der Waals surface area (Å²) >= 11 is 0. The summed E-state index contributed by atoms with van der Waals surface area (Å²) in [7, 11) is 0. The first-order valence-corrected chi connectivity index (χ1v) is 5.79. The molecule has 0 aromatic heterocycles. The van der Waals surface area contributed by atoms with Gasteiger partial charge in [-0.3, -0.25) is 20.4 Å². The van der Waals surface area contributed by atoms with Crippen LogP contribution in [-0.2, 0) is 4.79 Å². The number of nitrogens with one attached hydrogen (secondary N) is 2. The minimum absolute atomic E-state index is 0.115. The van der Waals surface area contributed by atoms with Crippen LogP contribution in [0, 0.1) is 12.8 Å². The van der Waals surface area contributed by atoms with E-state index in [9.17, 15) is 14.7 Å². The van der Waals surface area contributed by atoms with Gasteiger partial charge in [-0.05, 0) is 25.0 Å². The van der Waals surface area contributed by atoms with E-state index < -0.39 is 5.91 Å². The van der Waals surface area contributed by atoms with Crippen LogP contribution in [0.3, 0.4) is 0 Å². The summed E-state index contributed by atoms with van der Waals surface area (Å²) in [5, 5.41) is 9.54. The first-order chi connectivity index (χ1) is 8.40. The van der Waals surface area contributed by atoms with Gasteiger partial charge in [0.2, 0.25) is 5.91 Å². The average molecular weight is 250 g/mol. The van der Waals surface area contributed by atoms with Crippen molar-refractivity contribution in [2.24, 2.45) is 5.92 Å². The Morgan fingerprint density at radius 3 is 2.56 bits per heavy atom. The molecule has 1 aromatic carbocycles. The van der Waals surface area contributed by atoms with E-state index >= 15 is 0 Å². The molecular weight excluding hydrogens is 232 g/mol. The van der Waals surface area contributed by atoms with Crippen LogP contribution in [-0.4, -0.2) is 16.9 Å². The molecule has 18 heavy (non-hydrogen) atoms. The van der Waals surface area contributed by atoms with Crippen LogP contribution in [0.4, 0.5) is 0 Å². The number of aryl methyl sites for hydroxylation is 1. The van der Waals surface area contributed by atoms with Crippen LogP contribution in [0.2, 0.25) is 0 Å². The predicted octanol–water partition coefficient (Wildman–Crippen LogP) is 1.51. The van der Waals surface area contributed by atoms with E-state index in [1.54, 1.807) is 12.1 Å². The average Bonchev–Trinajstić information content (AvgIpc) is 2.28. The van der Waals surface area contributed by atoms with Crippen LogP contribution in [0.5, 0.6) is 5.75 Å². The third-order valence-electron chi connectivity index (χ3n) is 2.31. The van der Waals surface area contributed by atoms with Crippen molar-refractivity contribution >= 4 is 11.8 Å². The van der Waals surface area contributed by atoms with Gasteiger partial charge in [0, 0.05) is 6.42 Å². The fraction of sp³-hybridized carbons (Fsp3) is 0.385. The number of phenolic OH excluding ortho intramolecular Hbond substituents is 1. The summed E-state index contributed by atoms with van der Waals surface area (Å²) < 4.78 is 0. The van der Waals surface area contributed by atoms with Crippen LogP contribution in [0.15, 0.2) is 18.2 Å². The first kappa shape index (κ1) is 14.0. The van der Waals surface area contributed by atoms with Gasteiger partial charge in [0.15, 0.2) is 0 Å². The Morgan fingerprint density at radius 1 is 1.28 bits per heavy atom. The Balaban J connectivity index is 2.60. The molecule has 1 aromatic rings. The highest BCUT2D eigenvalue weighted by atomic mass is 16.3. The van der Waals surface area contributed by atoms with Crippen LogP contribution in [0.25, 0.3) is 0 Å². The fourth-order valence-electron chi connectivity index (χ4n) is 1.45. The van der Waals surface area contributed by atoms with Gasteiger partial charge in [0.1, 0.15) is 5.75 Å². The molecule has 0 spiro atoms. The number of hydrogen-bond donors (Lipinski definition) is 3. The van der Waals surface area contributed by atoms with E-state index in [0.717, 1.165) is 5.56 Å². The largest absolute Gasteiger partial charge is 0.507 e. The SMILES string of the molecule is Cc1ccc(O)c(C(=O)NNC(=O)CC(C)C)c1. The minimum atomic E-state index is -0.534. The van der Waals surface area contributed by atoms with Crippen molar-refractivity contribution < 1.29 is 14.7 Å². The van der Waals surface area contributed by atoms with Gasteiger partial charge in [0.25, 0.3) is 5.91 Å². The summed E-state index contributed by atoms with van der Waals surface area (Å²) in [5.74, 6) is -0.690. The molecule has 3 N–H and O–H groups in total. The van der Waals surface area contributed by atoms with E-state index in [1.807, 2.05) is 20.8 Å². The standard InChI is InChI=1S/C13H18N2O3/c1-8(2)6-12(17)14-15-13(18)10-7-9(3)4-5-11(10)16/h4-5,7-8,16H,6H2,1-3H3,(H,14,17)(H,15,18). The second-order valence-electron chi connectivity index (χ2n) is 4.62. The number of hydrogen-bond acceptors (Lipinski definition) is 3. The number of benzene rings is 1. The zero-order chi connectivity index (χ0) is 13.7. The molecule has 5 nitrogen and oxygen atoms in total. The Morgan fingerprint density at radius 2 is 1.94 bits per heavy atom. The highest BCUT2D eigenvalue weighted by Gasteiger charge is 2.12. The molecule has 0 saturated heterocycles. The highest BCUT2D eigenvalue weighted by molar-refractivity contribution is 5.97. The molecule has 98 valence electrons. The number of amides is 2. The molecule has 0 aliphatic heterocycles. The molecule has 5 heteroatoms. The molecule has 0 radical (unpaired) electrons. The van der Waals surface area contributed by atoms with E-state index in [-0.39, 0.29) is 23.1 Å². The number of hydrazine groups is 1. The molecule has 0 bridgehead atoms. The van der Waals surface area contributed by atoms with Gasteiger partial charge in [-0.2, -0.15) is 0 Å². The molecule has 2 amide bonds. The third kappa shape index (κ3) is 4.08. The van der Waals surface area contributed by atoms with Crippen molar-refractivity contribution in [3.63, 3.8) is 0 Å². The molecule has 0 fully saturated rings. The van der Waals surface area contributed by atoms with Crippen molar-refractivity contribution in [3.05, 3.63) is 29.3 Å². The monoisotopic (exact) mass is 250 g/mol. The lowest BCUT2D eigenvalue weighted by Gasteiger charge is -2.10. The topological polar surface area (TPSA) is 78.4 Å². The fourth-order valence-corrected chi connectivity index (χ4v) is 1.45. The molecule has 0 aliphatic carbocycles. The molecule has 1 rings (SSSR count). The van der Waals surface area contributed by atoms with E-state index in [1.165, 1.54) is 6.07 Å². The Labute approximate surface area is 106 Å². The maximum atomic E-state index is 11.7. The second kappa shape index (κ2) is 6.05.